The molecule has 0 fully saturated rings. The lowest BCUT2D eigenvalue weighted by molar-refractivity contribution is -0.137. The Hall–Kier alpha value is -0.630. The first kappa shape index (κ1) is 16.7. The summed E-state index contributed by atoms with van der Waals surface area (Å²) in [5.74, 6) is 0. The molecule has 0 bridgehead atoms. The first-order chi connectivity index (χ1) is 9.82. The van der Waals surface area contributed by atoms with Crippen molar-refractivity contribution in [2.75, 3.05) is 6.54 Å². The smallest absolute Gasteiger partial charge is 0.306 e. The number of hydrogen-bond donors (Lipinski definition) is 1. The van der Waals surface area contributed by atoms with Crippen LogP contribution in [0.15, 0.2) is 28.9 Å². The van der Waals surface area contributed by atoms with Gasteiger partial charge in [-0.15, -0.1) is 11.3 Å². The number of aromatic nitrogens is 1. The van der Waals surface area contributed by atoms with Gasteiger partial charge in [-0.3, -0.25) is 0 Å². The van der Waals surface area contributed by atoms with Gasteiger partial charge in [0.2, 0.25) is 0 Å². The minimum atomic E-state index is -4.43. The van der Waals surface area contributed by atoms with Gasteiger partial charge in [0.05, 0.1) is 6.04 Å². The third-order valence-electron chi connectivity index (χ3n) is 2.73. The lowest BCUT2D eigenvalue weighted by Gasteiger charge is -2.18. The Balaban J connectivity index is 2.44. The zero-order valence-electron chi connectivity index (χ0n) is 10.8. The van der Waals surface area contributed by atoms with Crippen molar-refractivity contribution >= 4 is 38.9 Å². The number of thiazole rings is 1. The van der Waals surface area contributed by atoms with E-state index in [1.54, 1.807) is 18.2 Å². The van der Waals surface area contributed by atoms with E-state index in [0.29, 0.717) is 33.3 Å². The second-order valence-electron chi connectivity index (χ2n) is 4.22. The molecule has 21 heavy (non-hydrogen) atoms. The minimum Gasteiger partial charge on any atom is -0.306 e. The van der Waals surface area contributed by atoms with Crippen LogP contribution in [0, 0.1) is 0 Å². The van der Waals surface area contributed by atoms with E-state index in [2.05, 4.69) is 26.2 Å². The van der Waals surface area contributed by atoms with Gasteiger partial charge in [0.15, 0.2) is 5.01 Å². The Bertz CT molecular complexity index is 630. The predicted molar refractivity (Wildman–Crippen MR) is 81.8 cm³/mol. The van der Waals surface area contributed by atoms with Gasteiger partial charge in [0, 0.05) is 20.6 Å². The van der Waals surface area contributed by atoms with Gasteiger partial charge >= 0.3 is 6.18 Å². The van der Waals surface area contributed by atoms with Crippen molar-refractivity contribution < 1.29 is 13.2 Å². The van der Waals surface area contributed by atoms with Gasteiger partial charge in [0.25, 0.3) is 0 Å². The number of halogens is 5. The molecule has 0 aliphatic heterocycles. The van der Waals surface area contributed by atoms with Crippen LogP contribution in [-0.2, 0) is 6.18 Å². The summed E-state index contributed by atoms with van der Waals surface area (Å²) >= 11 is 10.1. The molecule has 1 aromatic carbocycles. The number of hydrogen-bond acceptors (Lipinski definition) is 3. The van der Waals surface area contributed by atoms with Crippen molar-refractivity contribution in [3.05, 3.63) is 49.3 Å². The molecule has 1 unspecified atom stereocenters. The van der Waals surface area contributed by atoms with Crippen LogP contribution < -0.4 is 5.32 Å². The van der Waals surface area contributed by atoms with E-state index in [1.807, 2.05) is 6.92 Å². The van der Waals surface area contributed by atoms with Crippen molar-refractivity contribution in [2.24, 2.45) is 0 Å². The maximum Gasteiger partial charge on any atom is 0.443 e. The maximum absolute atomic E-state index is 12.7. The van der Waals surface area contributed by atoms with Crippen LogP contribution >= 0.6 is 38.9 Å². The third kappa shape index (κ3) is 3.97. The second kappa shape index (κ2) is 6.64. The van der Waals surface area contributed by atoms with Gasteiger partial charge < -0.3 is 5.32 Å². The van der Waals surface area contributed by atoms with Crippen LogP contribution in [0.25, 0.3) is 0 Å². The van der Waals surface area contributed by atoms with E-state index in [9.17, 15) is 13.2 Å². The summed E-state index contributed by atoms with van der Waals surface area (Å²) in [6.45, 7) is 2.47. The Labute approximate surface area is 137 Å². The molecule has 0 amide bonds. The molecule has 8 heteroatoms. The van der Waals surface area contributed by atoms with Crippen molar-refractivity contribution in [3.8, 4) is 0 Å². The molecule has 114 valence electrons. The van der Waals surface area contributed by atoms with E-state index >= 15 is 0 Å². The van der Waals surface area contributed by atoms with Crippen LogP contribution in [0.3, 0.4) is 0 Å². The third-order valence-corrected chi connectivity index (χ3v) is 4.67. The summed E-state index contributed by atoms with van der Waals surface area (Å²) in [5.41, 5.74) is 0.713. The first-order valence-electron chi connectivity index (χ1n) is 6.04. The Morgan fingerprint density at radius 2 is 2.14 bits per heavy atom. The molecule has 0 saturated heterocycles. The topological polar surface area (TPSA) is 24.9 Å². The van der Waals surface area contributed by atoms with Crippen molar-refractivity contribution in [1.82, 2.24) is 10.3 Å². The number of alkyl halides is 3. The standard InChI is InChI=1S/C13H11BrClF3N2S/c1-2-19-11(8-5-7(14)3-4-9(8)15)10-6-20-12(21-10)13(16,17)18/h3-6,11,19H,2H2,1H3. The van der Waals surface area contributed by atoms with Crippen LogP contribution in [0.4, 0.5) is 13.2 Å². The largest absolute Gasteiger partial charge is 0.443 e. The molecule has 0 saturated carbocycles. The normalized spacial score (nSPS) is 13.4. The van der Waals surface area contributed by atoms with Crippen molar-refractivity contribution in [2.45, 2.75) is 19.1 Å². The van der Waals surface area contributed by atoms with Gasteiger partial charge in [-0.1, -0.05) is 34.5 Å². The van der Waals surface area contributed by atoms with E-state index in [1.165, 1.54) is 6.20 Å². The maximum atomic E-state index is 12.7. The highest BCUT2D eigenvalue weighted by molar-refractivity contribution is 9.10. The zero-order valence-corrected chi connectivity index (χ0v) is 14.0. The van der Waals surface area contributed by atoms with Crippen LogP contribution in [0.5, 0.6) is 0 Å². The van der Waals surface area contributed by atoms with Crippen LogP contribution in [-0.4, -0.2) is 11.5 Å². The Morgan fingerprint density at radius 3 is 2.71 bits per heavy atom. The fraction of sp³-hybridized carbons (Fsp3) is 0.308. The van der Waals surface area contributed by atoms with Crippen LogP contribution in [0.1, 0.15) is 28.4 Å². The number of rotatable bonds is 4. The molecule has 0 spiro atoms. The van der Waals surface area contributed by atoms with E-state index in [-0.39, 0.29) is 0 Å². The molecule has 2 aromatic rings. The number of benzene rings is 1. The summed E-state index contributed by atoms with van der Waals surface area (Å²) in [5, 5.41) is 2.78. The van der Waals surface area contributed by atoms with Gasteiger partial charge in [-0.2, -0.15) is 13.2 Å². The average Bonchev–Trinajstić information content (AvgIpc) is 2.88. The van der Waals surface area contributed by atoms with Crippen LogP contribution in [0.2, 0.25) is 5.02 Å². The molecular formula is C13H11BrClF3N2S. The molecule has 1 atom stereocenters. The number of nitrogens with one attached hydrogen (secondary N) is 1. The molecule has 1 N–H and O–H groups in total. The molecule has 0 aliphatic rings. The zero-order chi connectivity index (χ0) is 15.6. The summed E-state index contributed by atoms with van der Waals surface area (Å²) < 4.78 is 38.9. The molecule has 1 heterocycles. The Morgan fingerprint density at radius 1 is 1.43 bits per heavy atom. The van der Waals surface area contributed by atoms with Gasteiger partial charge in [0.1, 0.15) is 0 Å². The predicted octanol–water partition coefficient (Wildman–Crippen LogP) is 5.28. The van der Waals surface area contributed by atoms with E-state index in [4.69, 9.17) is 11.6 Å². The van der Waals surface area contributed by atoms with E-state index < -0.39 is 17.2 Å². The first-order valence-corrected chi connectivity index (χ1v) is 8.03. The highest BCUT2D eigenvalue weighted by atomic mass is 79.9. The van der Waals surface area contributed by atoms with Gasteiger partial charge in [-0.25, -0.2) is 4.98 Å². The average molecular weight is 400 g/mol. The van der Waals surface area contributed by atoms with Crippen molar-refractivity contribution in [1.29, 1.82) is 0 Å². The highest BCUT2D eigenvalue weighted by Gasteiger charge is 2.35. The molecule has 1 aromatic heterocycles. The molecule has 2 nitrogen and oxygen atoms in total. The highest BCUT2D eigenvalue weighted by Crippen LogP contribution is 2.38. The fourth-order valence-electron chi connectivity index (χ4n) is 1.85. The minimum absolute atomic E-state index is 0.423. The van der Waals surface area contributed by atoms with Crippen molar-refractivity contribution in [3.63, 3.8) is 0 Å². The SMILES string of the molecule is CCNC(c1cnc(C(F)(F)F)s1)c1cc(Br)ccc1Cl. The lowest BCUT2D eigenvalue weighted by atomic mass is 10.1. The summed E-state index contributed by atoms with van der Waals surface area (Å²) in [4.78, 5) is 3.94. The summed E-state index contributed by atoms with van der Waals surface area (Å²) in [6, 6.07) is 4.86. The fourth-order valence-corrected chi connectivity index (χ4v) is 3.34. The molecule has 0 aliphatic carbocycles. The monoisotopic (exact) mass is 398 g/mol. The molecule has 0 radical (unpaired) electrons. The van der Waals surface area contributed by atoms with E-state index in [0.717, 1.165) is 4.47 Å². The second-order valence-corrected chi connectivity index (χ2v) is 6.61. The number of nitrogens with zero attached hydrogens (tertiary/aromatic N) is 1. The molecule has 2 rings (SSSR count). The molecular weight excluding hydrogens is 389 g/mol. The van der Waals surface area contributed by atoms with Gasteiger partial charge in [-0.05, 0) is 30.3 Å². The summed E-state index contributed by atoms with van der Waals surface area (Å²) in [7, 11) is 0. The summed E-state index contributed by atoms with van der Waals surface area (Å²) in [6.07, 6.45) is -3.18. The lowest BCUT2D eigenvalue weighted by Crippen LogP contribution is -2.21. The Kier molecular flexibility index (Phi) is 5.29. The quantitative estimate of drug-likeness (QED) is 0.757.